The van der Waals surface area contributed by atoms with E-state index in [9.17, 15) is 18.8 Å². The molecule has 0 fully saturated rings. The maximum absolute atomic E-state index is 12.3. The van der Waals surface area contributed by atoms with Crippen molar-refractivity contribution >= 4 is 18.0 Å². The highest BCUT2D eigenvalue weighted by Crippen LogP contribution is 2.17. The molecule has 2 atom stereocenters. The second-order valence-corrected chi connectivity index (χ2v) is 6.01. The summed E-state index contributed by atoms with van der Waals surface area (Å²) in [6.07, 6.45) is -0.507. The molecule has 1 N–H and O–H groups in total. The maximum atomic E-state index is 12.3. The third-order valence-corrected chi connectivity index (χ3v) is 2.92. The largest absolute Gasteiger partial charge is 0.469 e. The summed E-state index contributed by atoms with van der Waals surface area (Å²) in [5, 5.41) is 2.37. The molecular formula is C15H26FNO6. The minimum atomic E-state index is -1.08. The number of alkyl halides is 1. The van der Waals surface area contributed by atoms with Crippen molar-refractivity contribution in [2.45, 2.75) is 51.7 Å². The number of hydrogen-bond acceptors (Lipinski definition) is 6. The first-order valence-corrected chi connectivity index (χ1v) is 7.35. The van der Waals surface area contributed by atoms with E-state index in [-0.39, 0.29) is 19.3 Å². The molecule has 134 valence electrons. The predicted octanol–water partition coefficient (Wildman–Crippen LogP) is 1.98. The summed E-state index contributed by atoms with van der Waals surface area (Å²) in [6, 6.07) is -1.08. The number of carbonyl (C=O) groups excluding carboxylic acids is 3. The van der Waals surface area contributed by atoms with E-state index in [0.717, 1.165) is 0 Å². The van der Waals surface area contributed by atoms with Gasteiger partial charge in [-0.05, 0) is 40.0 Å². The van der Waals surface area contributed by atoms with Crippen LogP contribution in [0.3, 0.4) is 0 Å². The molecule has 0 unspecified atom stereocenters. The number of rotatable bonds is 8. The molecule has 0 rings (SSSR count). The molecule has 0 aromatic rings. The highest BCUT2D eigenvalue weighted by molar-refractivity contribution is 5.82. The topological polar surface area (TPSA) is 90.9 Å². The van der Waals surface area contributed by atoms with Gasteiger partial charge >= 0.3 is 18.0 Å². The number of esters is 2. The Morgan fingerprint density at radius 2 is 1.65 bits per heavy atom. The summed E-state index contributed by atoms with van der Waals surface area (Å²) < 4.78 is 26.7. The smallest absolute Gasteiger partial charge is 0.408 e. The van der Waals surface area contributed by atoms with Crippen molar-refractivity contribution in [3.8, 4) is 0 Å². The van der Waals surface area contributed by atoms with Gasteiger partial charge in [-0.2, -0.15) is 0 Å². The molecule has 0 aliphatic heterocycles. The van der Waals surface area contributed by atoms with Gasteiger partial charge in [-0.1, -0.05) is 0 Å². The van der Waals surface area contributed by atoms with E-state index in [0.29, 0.717) is 0 Å². The lowest BCUT2D eigenvalue weighted by Crippen LogP contribution is -2.45. The Hall–Kier alpha value is -1.86. The number of alkyl carbamates (subject to hydrolysis) is 1. The number of methoxy groups -OCH3 is 2. The molecule has 0 bridgehead atoms. The molecule has 1 amide bonds. The molecule has 0 aliphatic rings. The highest BCUT2D eigenvalue weighted by atomic mass is 19.1. The van der Waals surface area contributed by atoms with Crippen molar-refractivity contribution in [2.75, 3.05) is 20.9 Å². The van der Waals surface area contributed by atoms with E-state index in [4.69, 9.17) is 4.74 Å². The molecule has 0 radical (unpaired) electrons. The standard InChI is InChI=1S/C15H26FNO6/c1-15(2,3)23-14(20)17-11(13(19)22-5)9-10(7-6-8-16)12(18)21-4/h10-11H,6-9H2,1-5H3,(H,17,20)/t10-,11-/m0/s1. The first-order chi connectivity index (χ1) is 10.6. The first-order valence-electron chi connectivity index (χ1n) is 7.35. The third-order valence-electron chi connectivity index (χ3n) is 2.92. The minimum Gasteiger partial charge on any atom is -0.469 e. The van der Waals surface area contributed by atoms with Gasteiger partial charge in [-0.3, -0.25) is 9.18 Å². The van der Waals surface area contributed by atoms with Gasteiger partial charge in [-0.15, -0.1) is 0 Å². The zero-order chi connectivity index (χ0) is 18.0. The van der Waals surface area contributed by atoms with Crippen LogP contribution in [-0.2, 0) is 23.8 Å². The van der Waals surface area contributed by atoms with Crippen LogP contribution < -0.4 is 5.32 Å². The average molecular weight is 335 g/mol. The Morgan fingerprint density at radius 3 is 2.09 bits per heavy atom. The molecule has 0 saturated heterocycles. The van der Waals surface area contributed by atoms with Gasteiger partial charge in [0.1, 0.15) is 11.6 Å². The van der Waals surface area contributed by atoms with E-state index >= 15 is 0 Å². The number of amides is 1. The van der Waals surface area contributed by atoms with Crippen molar-refractivity contribution < 1.29 is 33.0 Å². The van der Waals surface area contributed by atoms with Gasteiger partial charge < -0.3 is 19.5 Å². The number of hydrogen-bond donors (Lipinski definition) is 1. The van der Waals surface area contributed by atoms with Crippen molar-refractivity contribution in [2.24, 2.45) is 5.92 Å². The number of halogens is 1. The molecule has 7 nitrogen and oxygen atoms in total. The molecule has 23 heavy (non-hydrogen) atoms. The predicted molar refractivity (Wildman–Crippen MR) is 80.5 cm³/mol. The number of carbonyl (C=O) groups is 3. The van der Waals surface area contributed by atoms with Gasteiger partial charge in [0, 0.05) is 0 Å². The minimum absolute atomic E-state index is 0.0570. The lowest BCUT2D eigenvalue weighted by molar-refractivity contribution is -0.148. The Balaban J connectivity index is 4.96. The number of ether oxygens (including phenoxy) is 3. The van der Waals surface area contributed by atoms with Crippen LogP contribution in [0, 0.1) is 5.92 Å². The summed E-state index contributed by atoms with van der Waals surface area (Å²) in [5.41, 5.74) is -0.735. The fourth-order valence-corrected chi connectivity index (χ4v) is 1.91. The van der Waals surface area contributed by atoms with E-state index in [1.165, 1.54) is 14.2 Å². The van der Waals surface area contributed by atoms with E-state index in [1.54, 1.807) is 20.8 Å². The van der Waals surface area contributed by atoms with Gasteiger partial charge in [0.2, 0.25) is 0 Å². The van der Waals surface area contributed by atoms with Gasteiger partial charge in [0.05, 0.1) is 26.8 Å². The molecule has 0 aromatic heterocycles. The molecule has 0 aliphatic carbocycles. The van der Waals surface area contributed by atoms with Crippen molar-refractivity contribution in [1.29, 1.82) is 0 Å². The van der Waals surface area contributed by atoms with Crippen molar-refractivity contribution in [1.82, 2.24) is 5.32 Å². The third kappa shape index (κ3) is 9.00. The van der Waals surface area contributed by atoms with E-state index in [1.807, 2.05) is 0 Å². The molecule has 0 heterocycles. The summed E-state index contributed by atoms with van der Waals surface area (Å²) in [4.78, 5) is 35.4. The Bertz CT molecular complexity index is 407. The van der Waals surface area contributed by atoms with Gasteiger partial charge in [0.15, 0.2) is 0 Å². The van der Waals surface area contributed by atoms with Crippen LogP contribution in [0.5, 0.6) is 0 Å². The van der Waals surface area contributed by atoms with Gasteiger partial charge in [0.25, 0.3) is 0 Å². The Kier molecular flexibility index (Phi) is 9.21. The molecule has 0 spiro atoms. The van der Waals surface area contributed by atoms with Crippen molar-refractivity contribution in [3.63, 3.8) is 0 Å². The average Bonchev–Trinajstić information content (AvgIpc) is 2.46. The summed E-state index contributed by atoms with van der Waals surface area (Å²) in [6.45, 7) is 4.45. The lowest BCUT2D eigenvalue weighted by Gasteiger charge is -2.24. The normalized spacial score (nSPS) is 13.7. The fraction of sp³-hybridized carbons (Fsp3) is 0.800. The van der Waals surface area contributed by atoms with Crippen LogP contribution in [0.4, 0.5) is 9.18 Å². The SMILES string of the molecule is COC(=O)[C@@H](CCCF)C[C@H](NC(=O)OC(C)(C)C)C(=O)OC. The quantitative estimate of drug-likeness (QED) is 0.539. The van der Waals surface area contributed by atoms with E-state index < -0.39 is 42.3 Å². The van der Waals surface area contributed by atoms with E-state index in [2.05, 4.69) is 14.8 Å². The lowest BCUT2D eigenvalue weighted by atomic mass is 9.95. The summed E-state index contributed by atoms with van der Waals surface area (Å²) >= 11 is 0. The van der Waals surface area contributed by atoms with Crippen LogP contribution in [-0.4, -0.2) is 50.6 Å². The zero-order valence-electron chi connectivity index (χ0n) is 14.3. The highest BCUT2D eigenvalue weighted by Gasteiger charge is 2.31. The van der Waals surface area contributed by atoms with Crippen LogP contribution in [0.2, 0.25) is 0 Å². The Morgan fingerprint density at radius 1 is 1.09 bits per heavy atom. The van der Waals surface area contributed by atoms with Crippen LogP contribution >= 0.6 is 0 Å². The second-order valence-electron chi connectivity index (χ2n) is 6.01. The first kappa shape index (κ1) is 21.1. The molecular weight excluding hydrogens is 309 g/mol. The summed E-state index contributed by atoms with van der Waals surface area (Å²) in [7, 11) is 2.38. The molecule has 8 heteroatoms. The molecule has 0 saturated carbocycles. The van der Waals surface area contributed by atoms with Crippen molar-refractivity contribution in [3.05, 3.63) is 0 Å². The summed E-state index contributed by atoms with van der Waals surface area (Å²) in [5.74, 6) is -2.02. The maximum Gasteiger partial charge on any atom is 0.408 e. The van der Waals surface area contributed by atoms with Crippen LogP contribution in [0.15, 0.2) is 0 Å². The van der Waals surface area contributed by atoms with Gasteiger partial charge in [-0.25, -0.2) is 9.59 Å². The monoisotopic (exact) mass is 335 g/mol. The fourth-order valence-electron chi connectivity index (χ4n) is 1.91. The molecule has 0 aromatic carbocycles. The second kappa shape index (κ2) is 10.0. The van der Waals surface area contributed by atoms with Crippen LogP contribution in [0.1, 0.15) is 40.0 Å². The number of nitrogens with one attached hydrogen (secondary N) is 1. The zero-order valence-corrected chi connectivity index (χ0v) is 14.3. The van der Waals surface area contributed by atoms with Crippen LogP contribution in [0.25, 0.3) is 0 Å². The Labute approximate surface area is 135 Å².